The molecule has 0 heterocycles. The third-order valence-corrected chi connectivity index (χ3v) is 2.47. The second-order valence-corrected chi connectivity index (χ2v) is 4.06. The molecule has 0 aliphatic rings. The van der Waals surface area contributed by atoms with Gasteiger partial charge >= 0.3 is 0 Å². The summed E-state index contributed by atoms with van der Waals surface area (Å²) >= 11 is 0. The molecular formula is C10H19NO7. The van der Waals surface area contributed by atoms with Crippen molar-refractivity contribution in [2.75, 3.05) is 6.61 Å². The Morgan fingerprint density at radius 3 is 2.00 bits per heavy atom. The summed E-state index contributed by atoms with van der Waals surface area (Å²) in [5.41, 5.74) is 5.29. The van der Waals surface area contributed by atoms with Gasteiger partial charge in [-0.05, 0) is 6.92 Å². The topological polar surface area (TPSA) is 161 Å². The monoisotopic (exact) mass is 265 g/mol. The Kier molecular flexibility index (Phi) is 7.14. The Hall–Kier alpha value is -0.900. The average Bonchev–Trinajstić information content (AvgIpc) is 2.34. The predicted octanol–water partition coefficient (Wildman–Crippen LogP) is -3.70. The Labute approximate surface area is 104 Å². The predicted molar refractivity (Wildman–Crippen MR) is 59.4 cm³/mol. The number of nitrogens with two attached hydrogens (primary N) is 1. The van der Waals surface area contributed by atoms with Crippen LogP contribution in [-0.2, 0) is 9.59 Å². The average molecular weight is 265 g/mol. The summed E-state index contributed by atoms with van der Waals surface area (Å²) < 4.78 is 0. The Morgan fingerprint density at radius 2 is 1.61 bits per heavy atom. The molecule has 0 saturated carbocycles. The zero-order chi connectivity index (χ0) is 14.5. The van der Waals surface area contributed by atoms with Crippen LogP contribution in [0.25, 0.3) is 0 Å². The SMILES string of the molecule is CC(O)C(N)C(=O)CC(=O)C(O)C(O)C(O)CO. The summed E-state index contributed by atoms with van der Waals surface area (Å²) in [5, 5.41) is 45.2. The standard InChI is InChI=1S/C10H19NO7/c1-4(13)8(11)5(14)2-6(15)9(17)10(18)7(16)3-12/h4,7-10,12-13,16-18H,2-3,11H2,1H3. The summed E-state index contributed by atoms with van der Waals surface area (Å²) in [7, 11) is 0. The van der Waals surface area contributed by atoms with Crippen LogP contribution in [0.5, 0.6) is 0 Å². The summed E-state index contributed by atoms with van der Waals surface area (Å²) in [6, 6.07) is -1.26. The summed E-state index contributed by atoms with van der Waals surface area (Å²) in [6.07, 6.45) is -7.50. The number of hydrogen-bond acceptors (Lipinski definition) is 8. The fourth-order valence-electron chi connectivity index (χ4n) is 1.17. The van der Waals surface area contributed by atoms with E-state index >= 15 is 0 Å². The second kappa shape index (κ2) is 7.52. The molecule has 0 aromatic carbocycles. The smallest absolute Gasteiger partial charge is 0.171 e. The van der Waals surface area contributed by atoms with Gasteiger partial charge in [0, 0.05) is 0 Å². The van der Waals surface area contributed by atoms with Crippen LogP contribution in [0.15, 0.2) is 0 Å². The molecule has 8 heteroatoms. The first-order chi connectivity index (χ1) is 8.22. The highest BCUT2D eigenvalue weighted by molar-refractivity contribution is 6.03. The number of aliphatic hydroxyl groups excluding tert-OH is 5. The molecule has 0 radical (unpaired) electrons. The first-order valence-electron chi connectivity index (χ1n) is 5.36. The fourth-order valence-corrected chi connectivity index (χ4v) is 1.17. The van der Waals surface area contributed by atoms with E-state index in [1.807, 2.05) is 0 Å². The third-order valence-electron chi connectivity index (χ3n) is 2.47. The maximum absolute atomic E-state index is 11.4. The normalized spacial score (nSPS) is 19.7. The van der Waals surface area contributed by atoms with E-state index in [0.29, 0.717) is 0 Å². The van der Waals surface area contributed by atoms with Crippen molar-refractivity contribution in [1.82, 2.24) is 0 Å². The molecule has 0 fully saturated rings. The Morgan fingerprint density at radius 1 is 1.11 bits per heavy atom. The van der Waals surface area contributed by atoms with Crippen molar-refractivity contribution in [2.24, 2.45) is 5.73 Å². The molecule has 0 rings (SSSR count). The van der Waals surface area contributed by atoms with Gasteiger partial charge in [0.1, 0.15) is 18.3 Å². The van der Waals surface area contributed by atoms with Gasteiger partial charge in [0.25, 0.3) is 0 Å². The molecule has 5 unspecified atom stereocenters. The van der Waals surface area contributed by atoms with Gasteiger partial charge in [-0.3, -0.25) is 9.59 Å². The van der Waals surface area contributed by atoms with E-state index in [2.05, 4.69) is 0 Å². The molecule has 18 heavy (non-hydrogen) atoms. The van der Waals surface area contributed by atoms with Crippen LogP contribution < -0.4 is 5.73 Å². The van der Waals surface area contributed by atoms with Crippen molar-refractivity contribution in [1.29, 1.82) is 0 Å². The van der Waals surface area contributed by atoms with E-state index < -0.39 is 55.1 Å². The van der Waals surface area contributed by atoms with Gasteiger partial charge < -0.3 is 31.3 Å². The number of carbonyl (C=O) groups is 2. The van der Waals surface area contributed by atoms with Crippen molar-refractivity contribution in [3.63, 3.8) is 0 Å². The minimum Gasteiger partial charge on any atom is -0.394 e. The number of ketones is 2. The molecule has 0 bridgehead atoms. The van der Waals surface area contributed by atoms with Crippen LogP contribution in [0, 0.1) is 0 Å². The Bertz CT molecular complexity index is 294. The molecule has 5 atom stereocenters. The molecule has 0 spiro atoms. The van der Waals surface area contributed by atoms with Crippen LogP contribution in [0.3, 0.4) is 0 Å². The van der Waals surface area contributed by atoms with Gasteiger partial charge in [-0.2, -0.15) is 0 Å². The second-order valence-electron chi connectivity index (χ2n) is 4.06. The summed E-state index contributed by atoms with van der Waals surface area (Å²) in [4.78, 5) is 22.7. The molecule has 0 amide bonds. The number of Topliss-reactive ketones (excluding diaryl/α,β-unsaturated/α-hetero) is 2. The van der Waals surface area contributed by atoms with Crippen LogP contribution in [0.2, 0.25) is 0 Å². The number of carbonyl (C=O) groups excluding carboxylic acids is 2. The van der Waals surface area contributed by atoms with Crippen LogP contribution in [-0.4, -0.2) is 74.2 Å². The maximum Gasteiger partial charge on any atom is 0.171 e. The molecule has 106 valence electrons. The van der Waals surface area contributed by atoms with E-state index in [0.717, 1.165) is 0 Å². The van der Waals surface area contributed by atoms with Gasteiger partial charge in [-0.15, -0.1) is 0 Å². The Balaban J connectivity index is 4.45. The highest BCUT2D eigenvalue weighted by Crippen LogP contribution is 2.05. The first kappa shape index (κ1) is 17.1. The van der Waals surface area contributed by atoms with Crippen LogP contribution >= 0.6 is 0 Å². The van der Waals surface area contributed by atoms with Crippen molar-refractivity contribution in [3.8, 4) is 0 Å². The van der Waals surface area contributed by atoms with Crippen molar-refractivity contribution >= 4 is 11.6 Å². The van der Waals surface area contributed by atoms with Gasteiger partial charge in [-0.1, -0.05) is 0 Å². The van der Waals surface area contributed by atoms with Gasteiger partial charge in [0.15, 0.2) is 11.6 Å². The molecule has 0 aliphatic carbocycles. The molecule has 0 aliphatic heterocycles. The van der Waals surface area contributed by atoms with E-state index in [1.54, 1.807) is 0 Å². The van der Waals surface area contributed by atoms with Crippen molar-refractivity contribution in [3.05, 3.63) is 0 Å². The zero-order valence-electron chi connectivity index (χ0n) is 9.93. The van der Waals surface area contributed by atoms with E-state index in [1.165, 1.54) is 6.92 Å². The maximum atomic E-state index is 11.4. The largest absolute Gasteiger partial charge is 0.394 e. The quantitative estimate of drug-likeness (QED) is 0.244. The molecule has 8 nitrogen and oxygen atoms in total. The number of rotatable bonds is 8. The minimum atomic E-state index is -2.00. The zero-order valence-corrected chi connectivity index (χ0v) is 9.93. The highest BCUT2D eigenvalue weighted by atomic mass is 16.4. The fraction of sp³-hybridized carbons (Fsp3) is 0.800. The lowest BCUT2D eigenvalue weighted by molar-refractivity contribution is -0.143. The molecular weight excluding hydrogens is 246 g/mol. The van der Waals surface area contributed by atoms with Gasteiger partial charge in [0.05, 0.1) is 25.2 Å². The lowest BCUT2D eigenvalue weighted by atomic mass is 9.97. The van der Waals surface area contributed by atoms with Crippen LogP contribution in [0.1, 0.15) is 13.3 Å². The van der Waals surface area contributed by atoms with E-state index in [-0.39, 0.29) is 0 Å². The third kappa shape index (κ3) is 4.77. The van der Waals surface area contributed by atoms with Crippen molar-refractivity contribution in [2.45, 2.75) is 43.8 Å². The number of hydrogen-bond donors (Lipinski definition) is 6. The molecule has 7 N–H and O–H groups in total. The summed E-state index contributed by atoms with van der Waals surface area (Å²) in [5.74, 6) is -1.84. The minimum absolute atomic E-state index is 0.775. The lowest BCUT2D eigenvalue weighted by Gasteiger charge is -2.21. The summed E-state index contributed by atoms with van der Waals surface area (Å²) in [6.45, 7) is 0.431. The van der Waals surface area contributed by atoms with Crippen LogP contribution in [0.4, 0.5) is 0 Å². The number of aliphatic hydroxyl groups is 5. The molecule has 0 aromatic rings. The van der Waals surface area contributed by atoms with E-state index in [4.69, 9.17) is 21.1 Å². The first-order valence-corrected chi connectivity index (χ1v) is 5.36. The molecule has 0 aromatic heterocycles. The van der Waals surface area contributed by atoms with E-state index in [9.17, 15) is 19.8 Å². The van der Waals surface area contributed by atoms with Crippen molar-refractivity contribution < 1.29 is 35.1 Å². The molecule has 0 saturated heterocycles. The van der Waals surface area contributed by atoms with Gasteiger partial charge in [-0.25, -0.2) is 0 Å². The van der Waals surface area contributed by atoms with Gasteiger partial charge in [0.2, 0.25) is 0 Å². The highest BCUT2D eigenvalue weighted by Gasteiger charge is 2.32. The lowest BCUT2D eigenvalue weighted by Crippen LogP contribution is -2.46.